The smallest absolute Gasteiger partial charge is 0.337 e. The number of carbonyl (C=O) groups excluding carboxylic acids is 2. The minimum absolute atomic E-state index is 0.00646. The Balaban J connectivity index is 1.91. The molecule has 0 heterocycles. The Morgan fingerprint density at radius 2 is 1.73 bits per heavy atom. The summed E-state index contributed by atoms with van der Waals surface area (Å²) in [6.07, 6.45) is -4.63. The van der Waals surface area contributed by atoms with E-state index in [4.69, 9.17) is 11.6 Å². The van der Waals surface area contributed by atoms with Gasteiger partial charge in [0.15, 0.2) is 5.78 Å². The van der Waals surface area contributed by atoms with Gasteiger partial charge in [0.1, 0.15) is 0 Å². The first-order valence-corrected chi connectivity index (χ1v) is 8.06. The molecule has 2 aromatic rings. The highest BCUT2D eigenvalue weighted by Crippen LogP contribution is 2.36. The van der Waals surface area contributed by atoms with Crippen LogP contribution in [0.1, 0.15) is 27.9 Å². The molecule has 2 N–H and O–H groups in total. The average molecular weight is 385 g/mol. The summed E-state index contributed by atoms with van der Waals surface area (Å²) in [6, 6.07) is 9.17. The van der Waals surface area contributed by atoms with Crippen molar-refractivity contribution in [3.63, 3.8) is 0 Å². The SMILES string of the molecule is Cc1ccc(C(=O)CCNC(=O)Nc2ccc(Cl)cc2C(F)(F)F)cc1. The molecule has 26 heavy (non-hydrogen) atoms. The van der Waals surface area contributed by atoms with E-state index in [1.807, 2.05) is 6.92 Å². The van der Waals surface area contributed by atoms with Crippen LogP contribution in [-0.2, 0) is 6.18 Å². The third-order valence-electron chi connectivity index (χ3n) is 3.55. The lowest BCUT2D eigenvalue weighted by atomic mass is 10.1. The largest absolute Gasteiger partial charge is 0.418 e. The van der Waals surface area contributed by atoms with Crippen LogP contribution in [0, 0.1) is 6.92 Å². The molecule has 0 aliphatic carbocycles. The van der Waals surface area contributed by atoms with E-state index < -0.39 is 23.5 Å². The highest BCUT2D eigenvalue weighted by molar-refractivity contribution is 6.30. The van der Waals surface area contributed by atoms with Crippen LogP contribution in [0.2, 0.25) is 5.02 Å². The minimum atomic E-state index is -4.66. The van der Waals surface area contributed by atoms with Crippen LogP contribution in [-0.4, -0.2) is 18.4 Å². The van der Waals surface area contributed by atoms with Crippen molar-refractivity contribution in [3.8, 4) is 0 Å². The minimum Gasteiger partial charge on any atom is -0.337 e. The summed E-state index contributed by atoms with van der Waals surface area (Å²) in [5, 5.41) is 4.40. The number of amides is 2. The van der Waals surface area contributed by atoms with Crippen molar-refractivity contribution in [2.75, 3.05) is 11.9 Å². The lowest BCUT2D eigenvalue weighted by molar-refractivity contribution is -0.136. The molecule has 2 amide bonds. The first kappa shape index (κ1) is 19.8. The lowest BCUT2D eigenvalue weighted by Crippen LogP contribution is -2.31. The Morgan fingerprint density at radius 1 is 1.08 bits per heavy atom. The number of anilines is 1. The molecule has 138 valence electrons. The second-order valence-corrected chi connectivity index (χ2v) is 6.04. The molecule has 0 saturated heterocycles. The van der Waals surface area contributed by atoms with E-state index in [1.165, 1.54) is 6.07 Å². The van der Waals surface area contributed by atoms with Crippen LogP contribution in [0.5, 0.6) is 0 Å². The van der Waals surface area contributed by atoms with Gasteiger partial charge in [0.25, 0.3) is 0 Å². The fraction of sp³-hybridized carbons (Fsp3) is 0.222. The number of urea groups is 1. The quantitative estimate of drug-likeness (QED) is 0.708. The Labute approximate surface area is 153 Å². The first-order chi connectivity index (χ1) is 12.2. The van der Waals surface area contributed by atoms with Gasteiger partial charge in [0.05, 0.1) is 11.3 Å². The summed E-state index contributed by atoms with van der Waals surface area (Å²) in [7, 11) is 0. The summed E-state index contributed by atoms with van der Waals surface area (Å²) >= 11 is 5.58. The predicted octanol–water partition coefficient (Wildman–Crippen LogP) is 5.06. The summed E-state index contributed by atoms with van der Waals surface area (Å²) in [4.78, 5) is 23.8. The molecule has 0 aromatic heterocycles. The summed E-state index contributed by atoms with van der Waals surface area (Å²) < 4.78 is 38.9. The number of rotatable bonds is 5. The molecule has 0 radical (unpaired) electrons. The molecule has 0 spiro atoms. The zero-order valence-corrected chi connectivity index (χ0v) is 14.5. The summed E-state index contributed by atoms with van der Waals surface area (Å²) in [5.41, 5.74) is 0.0671. The molecule has 4 nitrogen and oxygen atoms in total. The van der Waals surface area contributed by atoms with E-state index in [2.05, 4.69) is 10.6 Å². The van der Waals surface area contributed by atoms with Gasteiger partial charge in [0.2, 0.25) is 0 Å². The number of halogens is 4. The maximum absolute atomic E-state index is 13.0. The molecule has 8 heteroatoms. The normalized spacial score (nSPS) is 11.1. The molecule has 2 rings (SSSR count). The van der Waals surface area contributed by atoms with Crippen molar-refractivity contribution in [1.82, 2.24) is 5.32 Å². The number of hydrogen-bond donors (Lipinski definition) is 2. The highest BCUT2D eigenvalue weighted by Gasteiger charge is 2.34. The number of nitrogens with one attached hydrogen (secondary N) is 2. The Hall–Kier alpha value is -2.54. The maximum atomic E-state index is 13.0. The fourth-order valence-electron chi connectivity index (χ4n) is 2.20. The van der Waals surface area contributed by atoms with Crippen molar-refractivity contribution in [3.05, 3.63) is 64.2 Å². The summed E-state index contributed by atoms with van der Waals surface area (Å²) in [6.45, 7) is 1.89. The van der Waals surface area contributed by atoms with E-state index in [-0.39, 0.29) is 23.8 Å². The van der Waals surface area contributed by atoms with Gasteiger partial charge in [-0.2, -0.15) is 13.2 Å². The molecule has 0 fully saturated rings. The van der Waals surface area contributed by atoms with Gasteiger partial charge in [-0.1, -0.05) is 41.4 Å². The second kappa shape index (κ2) is 8.23. The van der Waals surface area contributed by atoms with E-state index in [0.717, 1.165) is 17.7 Å². The molecule has 2 aromatic carbocycles. The van der Waals surface area contributed by atoms with Crippen molar-refractivity contribution in [1.29, 1.82) is 0 Å². The zero-order chi connectivity index (χ0) is 19.3. The maximum Gasteiger partial charge on any atom is 0.418 e. The first-order valence-electron chi connectivity index (χ1n) is 7.68. The number of hydrogen-bond acceptors (Lipinski definition) is 2. The lowest BCUT2D eigenvalue weighted by Gasteiger charge is -2.14. The molecule has 0 aliphatic heterocycles. The number of Topliss-reactive ketones (excluding diaryl/α,β-unsaturated/α-hetero) is 1. The van der Waals surface area contributed by atoms with E-state index in [9.17, 15) is 22.8 Å². The molecule has 0 atom stereocenters. The van der Waals surface area contributed by atoms with Gasteiger partial charge in [0, 0.05) is 23.6 Å². The van der Waals surface area contributed by atoms with E-state index in [1.54, 1.807) is 24.3 Å². The molecule has 0 bridgehead atoms. The Bertz CT molecular complexity index is 805. The molecule has 0 unspecified atom stereocenters. The van der Waals surface area contributed by atoms with Gasteiger partial charge in [-0.15, -0.1) is 0 Å². The van der Waals surface area contributed by atoms with Gasteiger partial charge in [-0.25, -0.2) is 4.79 Å². The third-order valence-corrected chi connectivity index (χ3v) is 3.78. The van der Waals surface area contributed by atoms with Gasteiger partial charge in [-0.05, 0) is 25.1 Å². The van der Waals surface area contributed by atoms with Gasteiger partial charge in [-0.3, -0.25) is 4.79 Å². The van der Waals surface area contributed by atoms with Crippen molar-refractivity contribution in [2.24, 2.45) is 0 Å². The van der Waals surface area contributed by atoms with E-state index >= 15 is 0 Å². The van der Waals surface area contributed by atoms with Crippen LogP contribution in [0.4, 0.5) is 23.7 Å². The number of carbonyl (C=O) groups is 2. The second-order valence-electron chi connectivity index (χ2n) is 5.61. The zero-order valence-electron chi connectivity index (χ0n) is 13.8. The van der Waals surface area contributed by atoms with Crippen LogP contribution in [0.15, 0.2) is 42.5 Å². The number of alkyl halides is 3. The molecular weight excluding hydrogens is 369 g/mol. The molecular formula is C18H16ClF3N2O2. The van der Waals surface area contributed by atoms with Crippen LogP contribution >= 0.6 is 11.6 Å². The van der Waals surface area contributed by atoms with Crippen molar-refractivity contribution >= 4 is 29.1 Å². The highest BCUT2D eigenvalue weighted by atomic mass is 35.5. The van der Waals surface area contributed by atoms with Crippen LogP contribution < -0.4 is 10.6 Å². The third kappa shape index (κ3) is 5.49. The van der Waals surface area contributed by atoms with Crippen molar-refractivity contribution in [2.45, 2.75) is 19.5 Å². The standard InChI is InChI=1S/C18H16ClF3N2O2/c1-11-2-4-12(5-3-11)16(25)8-9-23-17(26)24-15-7-6-13(19)10-14(15)18(20,21)22/h2-7,10H,8-9H2,1H3,(H2,23,24,26). The molecule has 0 saturated carbocycles. The average Bonchev–Trinajstić information content (AvgIpc) is 2.56. The molecule has 0 aliphatic rings. The fourth-order valence-corrected chi connectivity index (χ4v) is 2.37. The summed E-state index contributed by atoms with van der Waals surface area (Å²) in [5.74, 6) is -0.173. The van der Waals surface area contributed by atoms with Crippen LogP contribution in [0.3, 0.4) is 0 Å². The van der Waals surface area contributed by atoms with Crippen LogP contribution in [0.25, 0.3) is 0 Å². The number of benzene rings is 2. The number of aryl methyl sites for hydroxylation is 1. The topological polar surface area (TPSA) is 58.2 Å². The number of ketones is 1. The Morgan fingerprint density at radius 3 is 2.35 bits per heavy atom. The van der Waals surface area contributed by atoms with E-state index in [0.29, 0.717) is 5.56 Å². The van der Waals surface area contributed by atoms with Gasteiger partial charge < -0.3 is 10.6 Å². The monoisotopic (exact) mass is 384 g/mol. The van der Waals surface area contributed by atoms with Gasteiger partial charge >= 0.3 is 12.2 Å². The predicted molar refractivity (Wildman–Crippen MR) is 93.6 cm³/mol. The Kier molecular flexibility index (Phi) is 6.26. The van der Waals surface area contributed by atoms with Crippen molar-refractivity contribution < 1.29 is 22.8 Å².